The zero-order chi connectivity index (χ0) is 23.3. The summed E-state index contributed by atoms with van der Waals surface area (Å²) in [5.74, 6) is 5.21. The summed E-state index contributed by atoms with van der Waals surface area (Å²) in [6, 6.07) is 0. The van der Waals surface area contributed by atoms with Gasteiger partial charge >= 0.3 is 5.97 Å². The summed E-state index contributed by atoms with van der Waals surface area (Å²) >= 11 is 0. The lowest BCUT2D eigenvalue weighted by atomic mass is 9.47. The van der Waals surface area contributed by atoms with Crippen molar-refractivity contribution in [2.45, 2.75) is 79.6 Å². The number of rotatable bonds is 2. The third kappa shape index (κ3) is 2.86. The van der Waals surface area contributed by atoms with Gasteiger partial charge in [-0.2, -0.15) is 0 Å². The monoisotopic (exact) mass is 450 g/mol. The maximum Gasteiger partial charge on any atom is 0.308 e. The van der Waals surface area contributed by atoms with Crippen LogP contribution >= 0.6 is 0 Å². The Labute approximate surface area is 199 Å². The second kappa shape index (κ2) is 7.08. The van der Waals surface area contributed by atoms with Gasteiger partial charge in [-0.3, -0.25) is 9.59 Å². The molecule has 0 radical (unpaired) electrons. The van der Waals surface area contributed by atoms with E-state index in [4.69, 9.17) is 4.74 Å². The molecule has 0 N–H and O–H groups in total. The Kier molecular flexibility index (Phi) is 4.74. The maximum absolute atomic E-state index is 12.1. The molecule has 3 nitrogen and oxygen atoms in total. The molecule has 0 amide bonds. The SMILES string of the molecule is C[C@@H]([C@H]1CC[C@H]2[C@@H]3CCC4=CC(=O)C=C[C@]4(C)[C@H]3CC[C@]12C)[C@H]1C[C@@]12COC(=O)[C@@H](C)[C@H]2C. The van der Waals surface area contributed by atoms with Crippen LogP contribution in [0.3, 0.4) is 0 Å². The van der Waals surface area contributed by atoms with E-state index < -0.39 is 0 Å². The van der Waals surface area contributed by atoms with Crippen molar-refractivity contribution in [3.05, 3.63) is 23.8 Å². The van der Waals surface area contributed by atoms with Crippen LogP contribution in [0.2, 0.25) is 0 Å². The molecule has 6 rings (SSSR count). The van der Waals surface area contributed by atoms with Crippen molar-refractivity contribution in [3.8, 4) is 0 Å². The Balaban J connectivity index is 1.22. The summed E-state index contributed by atoms with van der Waals surface area (Å²) in [4.78, 5) is 24.2. The van der Waals surface area contributed by atoms with E-state index in [1.54, 1.807) is 0 Å². The molecule has 0 unspecified atom stereocenters. The van der Waals surface area contributed by atoms with E-state index in [9.17, 15) is 9.59 Å². The third-order valence-electron chi connectivity index (χ3n) is 12.6. The summed E-state index contributed by atoms with van der Waals surface area (Å²) in [7, 11) is 0. The zero-order valence-electron chi connectivity index (χ0n) is 21.2. The first-order valence-corrected chi connectivity index (χ1v) is 13.7. The van der Waals surface area contributed by atoms with Crippen LogP contribution in [0.25, 0.3) is 0 Å². The number of carbonyl (C=O) groups is 2. The molecule has 1 spiro atoms. The maximum atomic E-state index is 12.1. The quantitative estimate of drug-likeness (QED) is 0.458. The number of fused-ring (bicyclic) bond motifs is 5. The Morgan fingerprint density at radius 2 is 1.82 bits per heavy atom. The Morgan fingerprint density at radius 3 is 2.61 bits per heavy atom. The highest BCUT2D eigenvalue weighted by Crippen LogP contribution is 2.71. The van der Waals surface area contributed by atoms with Gasteiger partial charge in [0.25, 0.3) is 0 Å². The molecular formula is C30H42O3. The van der Waals surface area contributed by atoms with Crippen molar-refractivity contribution in [1.82, 2.24) is 0 Å². The van der Waals surface area contributed by atoms with Crippen molar-refractivity contribution in [3.63, 3.8) is 0 Å². The fourth-order valence-corrected chi connectivity index (χ4v) is 10.3. The third-order valence-corrected chi connectivity index (χ3v) is 12.6. The average molecular weight is 451 g/mol. The standard InChI is InChI=1S/C30H42O3/c1-17-19(3)30(16-33-27(17)32)15-26(30)18(2)23-8-9-24-22-7-6-20-14-21(31)10-12-28(20,4)25(22)11-13-29(23,24)5/h10,12,14,17-19,22-26H,6-9,11,13,15-16H2,1-5H3/t17-,18-,19+,22-,23+,24-,25-,26+,28-,29+,30-/m0/s1. The number of esters is 1. The summed E-state index contributed by atoms with van der Waals surface area (Å²) in [6.07, 6.45) is 15.1. The molecule has 1 aliphatic heterocycles. The highest BCUT2D eigenvalue weighted by molar-refractivity contribution is 6.01. The van der Waals surface area contributed by atoms with Crippen molar-refractivity contribution >= 4 is 11.8 Å². The minimum absolute atomic E-state index is 0.00955. The van der Waals surface area contributed by atoms with Gasteiger partial charge in [0.2, 0.25) is 0 Å². The smallest absolute Gasteiger partial charge is 0.308 e. The fraction of sp³-hybridized carbons (Fsp3) is 0.800. The van der Waals surface area contributed by atoms with Crippen LogP contribution in [0, 0.1) is 63.6 Å². The van der Waals surface area contributed by atoms with Gasteiger partial charge in [0, 0.05) is 10.8 Å². The number of ether oxygens (including phenoxy) is 1. The number of ketones is 1. The van der Waals surface area contributed by atoms with Crippen LogP contribution < -0.4 is 0 Å². The van der Waals surface area contributed by atoms with Crippen LogP contribution in [-0.4, -0.2) is 18.4 Å². The van der Waals surface area contributed by atoms with Crippen LogP contribution in [0.1, 0.15) is 79.6 Å². The average Bonchev–Trinajstić information content (AvgIpc) is 3.41. The van der Waals surface area contributed by atoms with Crippen molar-refractivity contribution in [2.24, 2.45) is 63.6 Å². The predicted octanol–water partition coefficient (Wildman–Crippen LogP) is 6.38. The number of cyclic esters (lactones) is 1. The highest BCUT2D eigenvalue weighted by Gasteiger charge is 2.67. The molecule has 33 heavy (non-hydrogen) atoms. The van der Waals surface area contributed by atoms with Gasteiger partial charge in [-0.15, -0.1) is 0 Å². The normalized spacial score (nSPS) is 53.6. The lowest BCUT2D eigenvalue weighted by Gasteiger charge is -2.57. The number of hydrogen-bond acceptors (Lipinski definition) is 3. The molecule has 5 aliphatic carbocycles. The molecule has 180 valence electrons. The second-order valence-electron chi connectivity index (χ2n) is 13.4. The van der Waals surface area contributed by atoms with E-state index >= 15 is 0 Å². The second-order valence-corrected chi connectivity index (χ2v) is 13.4. The van der Waals surface area contributed by atoms with Gasteiger partial charge in [0.05, 0.1) is 12.5 Å². The molecule has 4 saturated carbocycles. The van der Waals surface area contributed by atoms with Gasteiger partial charge in [-0.05, 0) is 104 Å². The molecule has 0 bridgehead atoms. The van der Waals surface area contributed by atoms with E-state index in [1.165, 1.54) is 44.1 Å². The molecule has 11 atom stereocenters. The van der Waals surface area contributed by atoms with Gasteiger partial charge < -0.3 is 4.74 Å². The summed E-state index contributed by atoms with van der Waals surface area (Å²) in [6.45, 7) is 12.6. The molecule has 5 fully saturated rings. The van der Waals surface area contributed by atoms with E-state index in [2.05, 4.69) is 40.7 Å². The van der Waals surface area contributed by atoms with Crippen LogP contribution in [0.15, 0.2) is 23.8 Å². The molecule has 3 heteroatoms. The largest absolute Gasteiger partial charge is 0.465 e. The number of carbonyl (C=O) groups excluding carboxylic acids is 2. The van der Waals surface area contributed by atoms with E-state index in [1.807, 2.05) is 12.2 Å². The number of allylic oxidation sites excluding steroid dienone is 4. The zero-order valence-corrected chi connectivity index (χ0v) is 21.2. The summed E-state index contributed by atoms with van der Waals surface area (Å²) < 4.78 is 5.68. The first kappa shape index (κ1) is 22.1. The van der Waals surface area contributed by atoms with Gasteiger partial charge in [-0.1, -0.05) is 46.3 Å². The van der Waals surface area contributed by atoms with Crippen LogP contribution in [-0.2, 0) is 14.3 Å². The molecule has 6 aliphatic rings. The van der Waals surface area contributed by atoms with Gasteiger partial charge in [-0.25, -0.2) is 0 Å². The Bertz CT molecular complexity index is 946. The summed E-state index contributed by atoms with van der Waals surface area (Å²) in [5.41, 5.74) is 2.18. The van der Waals surface area contributed by atoms with Crippen molar-refractivity contribution in [2.75, 3.05) is 6.61 Å². The molecule has 0 aromatic heterocycles. The summed E-state index contributed by atoms with van der Waals surface area (Å²) in [5, 5.41) is 0. The molecule has 0 aromatic rings. The van der Waals surface area contributed by atoms with Gasteiger partial charge in [0.15, 0.2) is 5.78 Å². The van der Waals surface area contributed by atoms with Crippen molar-refractivity contribution < 1.29 is 14.3 Å². The minimum Gasteiger partial charge on any atom is -0.465 e. The van der Waals surface area contributed by atoms with Gasteiger partial charge in [0.1, 0.15) is 0 Å². The van der Waals surface area contributed by atoms with E-state index in [0.717, 1.165) is 24.2 Å². The first-order chi connectivity index (χ1) is 15.6. The Morgan fingerprint density at radius 1 is 1.03 bits per heavy atom. The molecule has 1 saturated heterocycles. The van der Waals surface area contributed by atoms with E-state index in [-0.39, 0.29) is 28.5 Å². The predicted molar refractivity (Wildman–Crippen MR) is 129 cm³/mol. The lowest BCUT2D eigenvalue weighted by molar-refractivity contribution is -0.162. The number of hydrogen-bond donors (Lipinski definition) is 0. The first-order valence-electron chi connectivity index (χ1n) is 13.7. The minimum atomic E-state index is 0.00955. The molecule has 0 aromatic carbocycles. The highest BCUT2D eigenvalue weighted by atomic mass is 16.5. The lowest BCUT2D eigenvalue weighted by Crippen LogP contribution is -2.50. The van der Waals surface area contributed by atoms with E-state index in [0.29, 0.717) is 35.7 Å². The Hall–Kier alpha value is -1.38. The van der Waals surface area contributed by atoms with Crippen LogP contribution in [0.4, 0.5) is 0 Å². The van der Waals surface area contributed by atoms with Crippen molar-refractivity contribution in [1.29, 1.82) is 0 Å². The topological polar surface area (TPSA) is 43.4 Å². The fourth-order valence-electron chi connectivity index (χ4n) is 10.3. The molecular weight excluding hydrogens is 408 g/mol. The molecule has 1 heterocycles. The van der Waals surface area contributed by atoms with Crippen LogP contribution in [0.5, 0.6) is 0 Å².